The summed E-state index contributed by atoms with van der Waals surface area (Å²) < 4.78 is 30.6. The Morgan fingerprint density at radius 3 is 1.91 bits per heavy atom. The molecule has 0 fully saturated rings. The van der Waals surface area contributed by atoms with Crippen molar-refractivity contribution in [2.45, 2.75) is 44.7 Å². The van der Waals surface area contributed by atoms with Crippen LogP contribution in [-0.2, 0) is 16.6 Å². The Kier molecular flexibility index (Phi) is 8.80. The van der Waals surface area contributed by atoms with Crippen molar-refractivity contribution >= 4 is 10.2 Å². The number of hydrogen-bond donors (Lipinski definition) is 2. The molecule has 176 valence electrons. The molecule has 3 aromatic rings. The summed E-state index contributed by atoms with van der Waals surface area (Å²) >= 11 is 0. The van der Waals surface area contributed by atoms with Gasteiger partial charge in [-0.15, -0.1) is 0 Å². The lowest BCUT2D eigenvalue weighted by Gasteiger charge is -2.28. The Morgan fingerprint density at radius 1 is 0.818 bits per heavy atom. The predicted molar refractivity (Wildman–Crippen MR) is 136 cm³/mol. The van der Waals surface area contributed by atoms with E-state index in [2.05, 4.69) is 42.8 Å². The van der Waals surface area contributed by atoms with E-state index in [1.165, 1.54) is 15.4 Å². The van der Waals surface area contributed by atoms with Gasteiger partial charge < -0.3 is 5.73 Å². The summed E-state index contributed by atoms with van der Waals surface area (Å²) in [4.78, 5) is 0. The molecule has 0 radical (unpaired) electrons. The molecule has 0 amide bonds. The molecular formula is C27H35N3O2S. The third-order valence-electron chi connectivity index (χ3n) is 5.97. The van der Waals surface area contributed by atoms with Crippen molar-refractivity contribution in [1.29, 1.82) is 0 Å². The minimum atomic E-state index is -3.73. The maximum absolute atomic E-state index is 13.2. The van der Waals surface area contributed by atoms with E-state index < -0.39 is 22.3 Å². The molecule has 0 bridgehead atoms. The van der Waals surface area contributed by atoms with Gasteiger partial charge in [-0.1, -0.05) is 98.8 Å². The highest BCUT2D eigenvalue weighted by Gasteiger charge is 2.28. The normalized spacial score (nSPS) is 13.9. The van der Waals surface area contributed by atoms with Gasteiger partial charge in [-0.2, -0.15) is 17.4 Å². The molecule has 3 N–H and O–H groups in total. The first-order valence-corrected chi connectivity index (χ1v) is 12.9. The standard InChI is InChI=1S/C27H35N3O2S/c1-21(2)23-18-16-22(17-19-23)11-10-20-30(3)33(31,32)29-27(25-14-8-5-9-15-25)26(28)24-12-6-4-7-13-24/h4-9,12-19,21,26-27,29H,10-11,20,28H2,1-3H3/t26-,27-/m0/s1. The average Bonchev–Trinajstić information content (AvgIpc) is 2.83. The van der Waals surface area contributed by atoms with E-state index in [-0.39, 0.29) is 0 Å². The highest BCUT2D eigenvalue weighted by molar-refractivity contribution is 7.87. The first kappa shape index (κ1) is 25.1. The summed E-state index contributed by atoms with van der Waals surface area (Å²) in [7, 11) is -2.12. The van der Waals surface area contributed by atoms with Crippen LogP contribution in [-0.4, -0.2) is 26.3 Å². The van der Waals surface area contributed by atoms with Gasteiger partial charge >= 0.3 is 0 Å². The van der Waals surface area contributed by atoms with Gasteiger partial charge in [0.15, 0.2) is 0 Å². The van der Waals surface area contributed by atoms with Crippen LogP contribution in [0.25, 0.3) is 0 Å². The zero-order chi connectivity index (χ0) is 23.8. The average molecular weight is 466 g/mol. The third kappa shape index (κ3) is 6.98. The van der Waals surface area contributed by atoms with E-state index >= 15 is 0 Å². The second-order valence-corrected chi connectivity index (χ2v) is 10.6. The van der Waals surface area contributed by atoms with Crippen LogP contribution in [0, 0.1) is 0 Å². The van der Waals surface area contributed by atoms with Crippen LogP contribution < -0.4 is 10.5 Å². The van der Waals surface area contributed by atoms with Crippen molar-refractivity contribution in [3.63, 3.8) is 0 Å². The molecule has 6 heteroatoms. The highest BCUT2D eigenvalue weighted by Crippen LogP contribution is 2.28. The third-order valence-corrected chi connectivity index (χ3v) is 7.53. The Hall–Kier alpha value is -2.51. The molecule has 33 heavy (non-hydrogen) atoms. The molecule has 0 heterocycles. The molecule has 0 saturated carbocycles. The van der Waals surface area contributed by atoms with Gasteiger partial charge in [-0.3, -0.25) is 0 Å². The van der Waals surface area contributed by atoms with Crippen molar-refractivity contribution in [3.8, 4) is 0 Å². The van der Waals surface area contributed by atoms with Gasteiger partial charge in [-0.05, 0) is 41.0 Å². The molecule has 0 aliphatic carbocycles. The highest BCUT2D eigenvalue weighted by atomic mass is 32.2. The largest absolute Gasteiger partial charge is 0.322 e. The molecule has 2 atom stereocenters. The molecule has 0 spiro atoms. The van der Waals surface area contributed by atoms with Crippen molar-refractivity contribution < 1.29 is 8.42 Å². The predicted octanol–water partition coefficient (Wildman–Crippen LogP) is 4.95. The van der Waals surface area contributed by atoms with Gasteiger partial charge in [0.2, 0.25) is 0 Å². The van der Waals surface area contributed by atoms with E-state index in [9.17, 15) is 8.42 Å². The van der Waals surface area contributed by atoms with Crippen LogP contribution in [0.15, 0.2) is 84.9 Å². The molecular weight excluding hydrogens is 430 g/mol. The van der Waals surface area contributed by atoms with Crippen LogP contribution in [0.3, 0.4) is 0 Å². The Balaban J connectivity index is 1.67. The Morgan fingerprint density at radius 2 is 1.36 bits per heavy atom. The van der Waals surface area contributed by atoms with Crippen LogP contribution in [0.4, 0.5) is 0 Å². The summed E-state index contributed by atoms with van der Waals surface area (Å²) in [6.07, 6.45) is 1.56. The first-order chi connectivity index (χ1) is 15.8. The van der Waals surface area contributed by atoms with Crippen LogP contribution in [0.2, 0.25) is 0 Å². The lowest BCUT2D eigenvalue weighted by molar-refractivity contribution is 0.428. The minimum absolute atomic E-state index is 0.420. The molecule has 0 aromatic heterocycles. The van der Waals surface area contributed by atoms with Crippen molar-refractivity contribution in [1.82, 2.24) is 9.03 Å². The zero-order valence-electron chi connectivity index (χ0n) is 19.7. The van der Waals surface area contributed by atoms with Crippen LogP contribution in [0.5, 0.6) is 0 Å². The van der Waals surface area contributed by atoms with Crippen LogP contribution >= 0.6 is 0 Å². The number of aryl methyl sites for hydroxylation is 1. The second-order valence-electron chi connectivity index (χ2n) is 8.77. The Labute approximate surface area is 198 Å². The van der Waals surface area contributed by atoms with Crippen molar-refractivity contribution in [2.75, 3.05) is 13.6 Å². The number of benzene rings is 3. The van der Waals surface area contributed by atoms with Crippen molar-refractivity contribution in [3.05, 3.63) is 107 Å². The first-order valence-electron chi connectivity index (χ1n) is 11.5. The Bertz CT molecular complexity index is 1090. The number of nitrogens with zero attached hydrogens (tertiary/aromatic N) is 1. The number of nitrogens with one attached hydrogen (secondary N) is 1. The van der Waals surface area contributed by atoms with E-state index in [0.717, 1.165) is 24.0 Å². The molecule has 0 aliphatic rings. The number of nitrogens with two attached hydrogens (primary N) is 1. The molecule has 0 saturated heterocycles. The number of hydrogen-bond acceptors (Lipinski definition) is 3. The molecule has 0 unspecified atom stereocenters. The number of rotatable bonds is 11. The SMILES string of the molecule is CC(C)c1ccc(CCCN(C)S(=O)(=O)N[C@@H](c2ccccc2)[C@@H](N)c2ccccc2)cc1. The quantitative estimate of drug-likeness (QED) is 0.421. The smallest absolute Gasteiger partial charge is 0.279 e. The maximum atomic E-state index is 13.2. The maximum Gasteiger partial charge on any atom is 0.279 e. The van der Waals surface area contributed by atoms with Gasteiger partial charge in [0.05, 0.1) is 12.1 Å². The van der Waals surface area contributed by atoms with Gasteiger partial charge in [-0.25, -0.2) is 0 Å². The zero-order valence-corrected chi connectivity index (χ0v) is 20.5. The van der Waals surface area contributed by atoms with E-state index in [1.807, 2.05) is 60.7 Å². The lowest BCUT2D eigenvalue weighted by atomic mass is 9.95. The van der Waals surface area contributed by atoms with E-state index in [4.69, 9.17) is 5.73 Å². The monoisotopic (exact) mass is 465 g/mol. The van der Waals surface area contributed by atoms with Gasteiger partial charge in [0.25, 0.3) is 10.2 Å². The summed E-state index contributed by atoms with van der Waals surface area (Å²) in [6.45, 7) is 4.77. The molecule has 5 nitrogen and oxygen atoms in total. The van der Waals surface area contributed by atoms with Crippen molar-refractivity contribution in [2.24, 2.45) is 5.73 Å². The van der Waals surface area contributed by atoms with E-state index in [0.29, 0.717) is 12.5 Å². The molecule has 3 rings (SSSR count). The fourth-order valence-electron chi connectivity index (χ4n) is 3.82. The van der Waals surface area contributed by atoms with Crippen LogP contribution in [0.1, 0.15) is 60.5 Å². The lowest BCUT2D eigenvalue weighted by Crippen LogP contribution is -2.43. The summed E-state index contributed by atoms with van der Waals surface area (Å²) in [6, 6.07) is 26.5. The topological polar surface area (TPSA) is 75.4 Å². The van der Waals surface area contributed by atoms with Gasteiger partial charge in [0.1, 0.15) is 0 Å². The molecule has 0 aliphatic heterocycles. The fraction of sp³-hybridized carbons (Fsp3) is 0.333. The van der Waals surface area contributed by atoms with Gasteiger partial charge in [0, 0.05) is 13.6 Å². The minimum Gasteiger partial charge on any atom is -0.322 e. The summed E-state index contributed by atoms with van der Waals surface area (Å²) in [5.74, 6) is 0.501. The fourth-order valence-corrected chi connectivity index (χ4v) is 4.98. The summed E-state index contributed by atoms with van der Waals surface area (Å²) in [5, 5.41) is 0. The second kappa shape index (κ2) is 11.6. The molecule has 3 aromatic carbocycles. The summed E-state index contributed by atoms with van der Waals surface area (Å²) in [5.41, 5.74) is 10.8. The van der Waals surface area contributed by atoms with E-state index in [1.54, 1.807) is 7.05 Å².